The fourth-order valence-electron chi connectivity index (χ4n) is 1.40. The Kier molecular flexibility index (Phi) is 3.85. The predicted molar refractivity (Wildman–Crippen MR) is 68.7 cm³/mol. The van der Waals surface area contributed by atoms with Crippen LogP contribution in [0.5, 0.6) is 0 Å². The molecule has 0 saturated carbocycles. The first-order valence-corrected chi connectivity index (χ1v) is 6.61. The summed E-state index contributed by atoms with van der Waals surface area (Å²) in [5.41, 5.74) is 1.91. The van der Waals surface area contributed by atoms with Gasteiger partial charge in [-0.25, -0.2) is 0 Å². The summed E-state index contributed by atoms with van der Waals surface area (Å²) in [6.07, 6.45) is 2.62. The molecule has 0 fully saturated rings. The highest BCUT2D eigenvalue weighted by atomic mass is 79.9. The average molecular weight is 296 g/mol. The van der Waals surface area contributed by atoms with Crippen molar-refractivity contribution in [3.8, 4) is 0 Å². The van der Waals surface area contributed by atoms with E-state index >= 15 is 0 Å². The van der Waals surface area contributed by atoms with Gasteiger partial charge in [-0.3, -0.25) is 9.78 Å². The van der Waals surface area contributed by atoms with Gasteiger partial charge in [-0.1, -0.05) is 0 Å². The largest absolute Gasteiger partial charge is 0.299 e. The van der Waals surface area contributed by atoms with Gasteiger partial charge < -0.3 is 0 Å². The third-order valence-corrected chi connectivity index (χ3v) is 3.35. The van der Waals surface area contributed by atoms with E-state index < -0.39 is 0 Å². The first-order chi connectivity index (χ1) is 7.74. The number of aromatic nitrogens is 1. The van der Waals surface area contributed by atoms with E-state index in [1.54, 1.807) is 17.5 Å². The van der Waals surface area contributed by atoms with E-state index in [1.165, 1.54) is 0 Å². The van der Waals surface area contributed by atoms with Gasteiger partial charge in [0.25, 0.3) is 0 Å². The minimum Gasteiger partial charge on any atom is -0.299 e. The van der Waals surface area contributed by atoms with Crippen LogP contribution in [0.1, 0.15) is 11.3 Å². The van der Waals surface area contributed by atoms with E-state index in [4.69, 9.17) is 0 Å². The highest BCUT2D eigenvalue weighted by molar-refractivity contribution is 9.10. The molecule has 4 heteroatoms. The molecule has 0 unspecified atom stereocenters. The topological polar surface area (TPSA) is 30.0 Å². The van der Waals surface area contributed by atoms with Crippen molar-refractivity contribution < 1.29 is 4.79 Å². The second-order valence-corrected chi connectivity index (χ2v) is 5.19. The Labute approximate surface area is 106 Å². The number of carbonyl (C=O) groups is 1. The Hall–Kier alpha value is -1.00. The zero-order valence-electron chi connectivity index (χ0n) is 8.52. The molecule has 0 saturated heterocycles. The summed E-state index contributed by atoms with van der Waals surface area (Å²) in [7, 11) is 0. The van der Waals surface area contributed by atoms with Crippen LogP contribution >= 0.6 is 27.3 Å². The van der Waals surface area contributed by atoms with Crippen molar-refractivity contribution in [3.63, 3.8) is 0 Å². The van der Waals surface area contributed by atoms with Gasteiger partial charge in [0.1, 0.15) is 5.78 Å². The molecule has 0 aliphatic heterocycles. The third-order valence-electron chi connectivity index (χ3n) is 2.15. The number of Topliss-reactive ketones (excluding diaryl/α,β-unsaturated/α-hetero) is 1. The molecule has 0 aliphatic rings. The Morgan fingerprint density at radius 3 is 2.81 bits per heavy atom. The van der Waals surface area contributed by atoms with Crippen molar-refractivity contribution in [1.82, 2.24) is 4.98 Å². The Balaban J connectivity index is 1.95. The summed E-state index contributed by atoms with van der Waals surface area (Å²) >= 11 is 4.93. The molecule has 0 atom stereocenters. The maximum Gasteiger partial charge on any atom is 0.143 e. The fourth-order valence-corrected chi connectivity index (χ4v) is 2.30. The van der Waals surface area contributed by atoms with Crippen LogP contribution in [0.15, 0.2) is 39.6 Å². The lowest BCUT2D eigenvalue weighted by Gasteiger charge is -1.99. The van der Waals surface area contributed by atoms with E-state index in [2.05, 4.69) is 20.9 Å². The van der Waals surface area contributed by atoms with Gasteiger partial charge in [0.15, 0.2) is 0 Å². The molecule has 0 aromatic carbocycles. The van der Waals surface area contributed by atoms with Crippen LogP contribution in [0.25, 0.3) is 0 Å². The first kappa shape index (κ1) is 11.5. The van der Waals surface area contributed by atoms with Crippen molar-refractivity contribution in [2.24, 2.45) is 0 Å². The van der Waals surface area contributed by atoms with Gasteiger partial charge in [-0.05, 0) is 50.5 Å². The molecule has 82 valence electrons. The average Bonchev–Trinajstić information content (AvgIpc) is 2.74. The van der Waals surface area contributed by atoms with E-state index in [1.807, 2.05) is 29.0 Å². The maximum absolute atomic E-state index is 11.7. The van der Waals surface area contributed by atoms with Gasteiger partial charge in [0, 0.05) is 29.2 Å². The number of hydrogen-bond donors (Lipinski definition) is 0. The van der Waals surface area contributed by atoms with Crippen LogP contribution < -0.4 is 0 Å². The molecule has 0 N–H and O–H groups in total. The summed E-state index contributed by atoms with van der Waals surface area (Å²) in [4.78, 5) is 15.9. The lowest BCUT2D eigenvalue weighted by Crippen LogP contribution is -2.07. The SMILES string of the molecule is O=C(Cc1ccsc1)Cc1ccc(Br)cn1. The molecule has 0 amide bonds. The zero-order chi connectivity index (χ0) is 11.4. The van der Waals surface area contributed by atoms with Crippen molar-refractivity contribution in [2.75, 3.05) is 0 Å². The number of halogens is 1. The first-order valence-electron chi connectivity index (χ1n) is 4.87. The van der Waals surface area contributed by atoms with Crippen molar-refractivity contribution in [1.29, 1.82) is 0 Å². The molecular weight excluding hydrogens is 286 g/mol. The second kappa shape index (κ2) is 5.37. The Morgan fingerprint density at radius 2 is 2.19 bits per heavy atom. The number of rotatable bonds is 4. The number of ketones is 1. The molecule has 2 aromatic heterocycles. The van der Waals surface area contributed by atoms with Crippen molar-refractivity contribution >= 4 is 33.0 Å². The highest BCUT2D eigenvalue weighted by Crippen LogP contribution is 2.10. The van der Waals surface area contributed by atoms with Crippen molar-refractivity contribution in [3.05, 3.63) is 50.9 Å². The Morgan fingerprint density at radius 1 is 1.31 bits per heavy atom. The smallest absolute Gasteiger partial charge is 0.143 e. The van der Waals surface area contributed by atoms with Crippen LogP contribution in [0.4, 0.5) is 0 Å². The van der Waals surface area contributed by atoms with Gasteiger partial charge in [0.2, 0.25) is 0 Å². The third kappa shape index (κ3) is 3.25. The summed E-state index contributed by atoms with van der Waals surface area (Å²) in [5, 5.41) is 3.99. The van der Waals surface area contributed by atoms with Gasteiger partial charge in [0.05, 0.1) is 0 Å². The zero-order valence-corrected chi connectivity index (χ0v) is 10.9. The number of pyridine rings is 1. The van der Waals surface area contributed by atoms with Crippen LogP contribution in [-0.4, -0.2) is 10.8 Å². The molecule has 0 aliphatic carbocycles. The molecule has 2 rings (SSSR count). The Bertz CT molecular complexity index is 464. The van der Waals surface area contributed by atoms with Crippen LogP contribution in [0.2, 0.25) is 0 Å². The summed E-state index contributed by atoms with van der Waals surface area (Å²) in [5.74, 6) is 0.202. The molecular formula is C12H10BrNOS. The quantitative estimate of drug-likeness (QED) is 0.867. The molecule has 0 bridgehead atoms. The minimum atomic E-state index is 0.202. The van der Waals surface area contributed by atoms with Crippen LogP contribution in [0.3, 0.4) is 0 Å². The van der Waals surface area contributed by atoms with E-state index in [9.17, 15) is 4.79 Å². The van der Waals surface area contributed by atoms with Gasteiger partial charge in [-0.2, -0.15) is 11.3 Å². The molecule has 0 radical (unpaired) electrons. The standard InChI is InChI=1S/C12H10BrNOS/c13-10-1-2-11(14-7-10)6-12(15)5-9-3-4-16-8-9/h1-4,7-8H,5-6H2. The summed E-state index contributed by atoms with van der Waals surface area (Å²) in [6.45, 7) is 0. The number of nitrogens with zero attached hydrogens (tertiary/aromatic N) is 1. The molecule has 0 spiro atoms. The van der Waals surface area contributed by atoms with E-state index in [0.29, 0.717) is 12.8 Å². The van der Waals surface area contributed by atoms with E-state index in [0.717, 1.165) is 15.7 Å². The summed E-state index contributed by atoms with van der Waals surface area (Å²) < 4.78 is 0.932. The molecule has 2 aromatic rings. The molecule has 2 nitrogen and oxygen atoms in total. The predicted octanol–water partition coefficient (Wildman–Crippen LogP) is 3.26. The molecule has 2 heterocycles. The van der Waals surface area contributed by atoms with Crippen molar-refractivity contribution in [2.45, 2.75) is 12.8 Å². The summed E-state index contributed by atoms with van der Waals surface area (Å²) in [6, 6.07) is 5.76. The minimum absolute atomic E-state index is 0.202. The number of hydrogen-bond acceptors (Lipinski definition) is 3. The second-order valence-electron chi connectivity index (χ2n) is 3.49. The lowest BCUT2D eigenvalue weighted by molar-refractivity contribution is -0.117. The van der Waals surface area contributed by atoms with Gasteiger partial charge in [-0.15, -0.1) is 0 Å². The van der Waals surface area contributed by atoms with Gasteiger partial charge >= 0.3 is 0 Å². The number of carbonyl (C=O) groups excluding carboxylic acids is 1. The maximum atomic E-state index is 11.7. The van der Waals surface area contributed by atoms with Crippen LogP contribution in [0, 0.1) is 0 Å². The highest BCUT2D eigenvalue weighted by Gasteiger charge is 2.06. The number of thiophene rings is 1. The molecule has 16 heavy (non-hydrogen) atoms. The lowest BCUT2D eigenvalue weighted by atomic mass is 10.1. The monoisotopic (exact) mass is 295 g/mol. The normalized spacial score (nSPS) is 10.3. The van der Waals surface area contributed by atoms with E-state index in [-0.39, 0.29) is 5.78 Å². The fraction of sp³-hybridized carbons (Fsp3) is 0.167. The van der Waals surface area contributed by atoms with Crippen LogP contribution in [-0.2, 0) is 17.6 Å².